The highest BCUT2D eigenvalue weighted by molar-refractivity contribution is 4.91. The molecular formula is C9H19NO2. The van der Waals surface area contributed by atoms with Crippen LogP contribution < -0.4 is 5.32 Å². The Kier molecular flexibility index (Phi) is 3.50. The van der Waals surface area contributed by atoms with Gasteiger partial charge in [0, 0.05) is 20.2 Å². The van der Waals surface area contributed by atoms with Crippen LogP contribution >= 0.6 is 0 Å². The minimum absolute atomic E-state index is 0.0783. The first kappa shape index (κ1) is 9.96. The fraction of sp³-hybridized carbons (Fsp3) is 1.00. The van der Waals surface area contributed by atoms with Gasteiger partial charge < -0.3 is 15.2 Å². The predicted octanol–water partition coefficient (Wildman–Crippen LogP) is 0.526. The Balaban J connectivity index is 2.12. The van der Waals surface area contributed by atoms with Crippen molar-refractivity contribution in [2.45, 2.75) is 37.9 Å². The number of methoxy groups -OCH3 is 1. The molecule has 3 nitrogen and oxygen atoms in total. The lowest BCUT2D eigenvalue weighted by Gasteiger charge is -2.40. The predicted molar refractivity (Wildman–Crippen MR) is 48.1 cm³/mol. The largest absolute Gasteiger partial charge is 0.392 e. The van der Waals surface area contributed by atoms with E-state index in [0.717, 1.165) is 19.4 Å². The summed E-state index contributed by atoms with van der Waals surface area (Å²) in [5.41, 5.74) is 0.0783. The van der Waals surface area contributed by atoms with E-state index in [9.17, 15) is 0 Å². The van der Waals surface area contributed by atoms with Crippen molar-refractivity contribution in [3.05, 3.63) is 0 Å². The fourth-order valence-corrected chi connectivity index (χ4v) is 1.53. The van der Waals surface area contributed by atoms with Crippen molar-refractivity contribution < 1.29 is 9.84 Å². The molecule has 12 heavy (non-hydrogen) atoms. The van der Waals surface area contributed by atoms with Crippen molar-refractivity contribution in [1.82, 2.24) is 5.32 Å². The fourth-order valence-electron chi connectivity index (χ4n) is 1.53. The van der Waals surface area contributed by atoms with Crippen molar-refractivity contribution in [3.63, 3.8) is 0 Å². The van der Waals surface area contributed by atoms with E-state index in [0.29, 0.717) is 6.54 Å². The summed E-state index contributed by atoms with van der Waals surface area (Å²) in [5, 5.41) is 12.2. The Morgan fingerprint density at radius 1 is 1.58 bits per heavy atom. The summed E-state index contributed by atoms with van der Waals surface area (Å²) in [5.74, 6) is 0. The normalized spacial score (nSPS) is 23.2. The summed E-state index contributed by atoms with van der Waals surface area (Å²) in [7, 11) is 1.77. The molecule has 1 atom stereocenters. The second-order valence-corrected chi connectivity index (χ2v) is 3.72. The van der Waals surface area contributed by atoms with Crippen LogP contribution in [0.15, 0.2) is 0 Å². The van der Waals surface area contributed by atoms with Gasteiger partial charge in [-0.3, -0.25) is 0 Å². The summed E-state index contributed by atoms with van der Waals surface area (Å²) < 4.78 is 5.41. The second kappa shape index (κ2) is 4.21. The quantitative estimate of drug-likeness (QED) is 0.637. The van der Waals surface area contributed by atoms with Gasteiger partial charge in [0.15, 0.2) is 0 Å². The molecule has 1 rings (SSSR count). The molecule has 3 heteroatoms. The lowest BCUT2D eigenvalue weighted by molar-refractivity contribution is -0.0701. The number of hydrogen-bond donors (Lipinski definition) is 2. The van der Waals surface area contributed by atoms with Crippen LogP contribution in [0, 0.1) is 0 Å². The Morgan fingerprint density at radius 3 is 2.58 bits per heavy atom. The Bertz CT molecular complexity index is 127. The van der Waals surface area contributed by atoms with E-state index in [2.05, 4.69) is 5.32 Å². The molecule has 0 unspecified atom stereocenters. The van der Waals surface area contributed by atoms with E-state index in [4.69, 9.17) is 9.84 Å². The number of hydrogen-bond acceptors (Lipinski definition) is 3. The van der Waals surface area contributed by atoms with E-state index < -0.39 is 0 Å². The Morgan fingerprint density at radius 2 is 2.25 bits per heavy atom. The lowest BCUT2D eigenvalue weighted by Crippen LogP contribution is -2.49. The van der Waals surface area contributed by atoms with Gasteiger partial charge >= 0.3 is 0 Å². The van der Waals surface area contributed by atoms with Gasteiger partial charge in [0.1, 0.15) is 0 Å². The Hall–Kier alpha value is -0.120. The minimum Gasteiger partial charge on any atom is -0.392 e. The maximum Gasteiger partial charge on any atom is 0.0802 e. The zero-order chi connectivity index (χ0) is 9.03. The lowest BCUT2D eigenvalue weighted by atomic mass is 9.80. The monoisotopic (exact) mass is 173 g/mol. The molecule has 1 fully saturated rings. The second-order valence-electron chi connectivity index (χ2n) is 3.72. The van der Waals surface area contributed by atoms with Crippen molar-refractivity contribution in [2.75, 3.05) is 20.2 Å². The highest BCUT2D eigenvalue weighted by atomic mass is 16.5. The first-order chi connectivity index (χ1) is 5.68. The van der Waals surface area contributed by atoms with Gasteiger partial charge in [-0.15, -0.1) is 0 Å². The van der Waals surface area contributed by atoms with Gasteiger partial charge in [0.05, 0.1) is 11.7 Å². The molecule has 2 N–H and O–H groups in total. The third kappa shape index (κ3) is 2.44. The first-order valence-corrected chi connectivity index (χ1v) is 4.62. The van der Waals surface area contributed by atoms with Crippen LogP contribution in [0.1, 0.15) is 26.2 Å². The smallest absolute Gasteiger partial charge is 0.0802 e. The minimum atomic E-state index is -0.265. The molecule has 1 aliphatic rings. The summed E-state index contributed by atoms with van der Waals surface area (Å²) in [6, 6.07) is 0. The van der Waals surface area contributed by atoms with Crippen molar-refractivity contribution in [2.24, 2.45) is 0 Å². The zero-order valence-corrected chi connectivity index (χ0v) is 7.97. The van der Waals surface area contributed by atoms with E-state index in [1.807, 2.05) is 0 Å². The van der Waals surface area contributed by atoms with E-state index >= 15 is 0 Å². The van der Waals surface area contributed by atoms with Crippen LogP contribution in [-0.2, 0) is 4.74 Å². The molecule has 1 saturated carbocycles. The molecule has 0 aliphatic heterocycles. The average molecular weight is 173 g/mol. The SMILES string of the molecule is COC1(CNC[C@H](C)O)CCC1. The van der Waals surface area contributed by atoms with Gasteiger partial charge in [0.25, 0.3) is 0 Å². The molecule has 0 radical (unpaired) electrons. The molecule has 0 aromatic rings. The number of ether oxygens (including phenoxy) is 1. The number of aliphatic hydroxyl groups is 1. The van der Waals surface area contributed by atoms with E-state index in [1.54, 1.807) is 14.0 Å². The van der Waals surface area contributed by atoms with E-state index in [1.165, 1.54) is 6.42 Å². The molecule has 1 aliphatic carbocycles. The topological polar surface area (TPSA) is 41.5 Å². The van der Waals surface area contributed by atoms with Gasteiger partial charge in [0.2, 0.25) is 0 Å². The molecule has 0 saturated heterocycles. The van der Waals surface area contributed by atoms with Crippen molar-refractivity contribution >= 4 is 0 Å². The van der Waals surface area contributed by atoms with Crippen LogP contribution in [0.4, 0.5) is 0 Å². The average Bonchev–Trinajstić information content (AvgIpc) is 1.94. The number of aliphatic hydroxyl groups excluding tert-OH is 1. The molecule has 0 bridgehead atoms. The van der Waals surface area contributed by atoms with Crippen LogP contribution in [0.25, 0.3) is 0 Å². The van der Waals surface area contributed by atoms with Gasteiger partial charge in [-0.1, -0.05) is 0 Å². The molecule has 0 spiro atoms. The first-order valence-electron chi connectivity index (χ1n) is 4.62. The van der Waals surface area contributed by atoms with Gasteiger partial charge in [-0.2, -0.15) is 0 Å². The van der Waals surface area contributed by atoms with Crippen molar-refractivity contribution in [3.8, 4) is 0 Å². The third-order valence-electron chi connectivity index (χ3n) is 2.58. The number of nitrogens with one attached hydrogen (secondary N) is 1. The molecule has 0 amide bonds. The number of rotatable bonds is 5. The molecule has 0 aromatic carbocycles. The zero-order valence-electron chi connectivity index (χ0n) is 7.97. The molecule has 72 valence electrons. The summed E-state index contributed by atoms with van der Waals surface area (Å²) in [6.45, 7) is 3.31. The van der Waals surface area contributed by atoms with Gasteiger partial charge in [-0.25, -0.2) is 0 Å². The molecular weight excluding hydrogens is 154 g/mol. The highest BCUT2D eigenvalue weighted by Crippen LogP contribution is 2.34. The molecule has 0 aromatic heterocycles. The standard InChI is InChI=1S/C9H19NO2/c1-8(11)6-10-7-9(12-2)4-3-5-9/h8,10-11H,3-7H2,1-2H3/t8-/m0/s1. The summed E-state index contributed by atoms with van der Waals surface area (Å²) in [4.78, 5) is 0. The molecule has 0 heterocycles. The van der Waals surface area contributed by atoms with Crippen LogP contribution in [0.5, 0.6) is 0 Å². The van der Waals surface area contributed by atoms with Crippen LogP contribution in [0.3, 0.4) is 0 Å². The summed E-state index contributed by atoms with van der Waals surface area (Å²) >= 11 is 0. The van der Waals surface area contributed by atoms with Gasteiger partial charge in [-0.05, 0) is 26.2 Å². The van der Waals surface area contributed by atoms with Crippen LogP contribution in [-0.4, -0.2) is 37.0 Å². The third-order valence-corrected chi connectivity index (χ3v) is 2.58. The maximum absolute atomic E-state index is 9.01. The highest BCUT2D eigenvalue weighted by Gasteiger charge is 2.36. The van der Waals surface area contributed by atoms with E-state index in [-0.39, 0.29) is 11.7 Å². The summed E-state index contributed by atoms with van der Waals surface area (Å²) in [6.07, 6.45) is 3.30. The van der Waals surface area contributed by atoms with Crippen LogP contribution in [0.2, 0.25) is 0 Å². The van der Waals surface area contributed by atoms with Crippen molar-refractivity contribution in [1.29, 1.82) is 0 Å². The Labute approximate surface area is 74.1 Å². The maximum atomic E-state index is 9.01.